The molecule has 120 valence electrons. The molecule has 20 heavy (non-hydrogen) atoms. The summed E-state index contributed by atoms with van der Waals surface area (Å²) in [5.41, 5.74) is 0. The Morgan fingerprint density at radius 3 is 1.70 bits per heavy atom. The van der Waals surface area contributed by atoms with Gasteiger partial charge in [0.05, 0.1) is 0 Å². The molecule has 0 amide bonds. The monoisotopic (exact) mass is 302 g/mol. The van der Waals surface area contributed by atoms with Crippen molar-refractivity contribution in [2.75, 3.05) is 6.61 Å². The van der Waals surface area contributed by atoms with Crippen LogP contribution in [-0.2, 0) is 9.22 Å². The minimum atomic E-state index is -1.90. The molecule has 0 saturated heterocycles. The Morgan fingerprint density at radius 1 is 0.900 bits per heavy atom. The Hall–Kier alpha value is -0.353. The molecule has 0 rings (SSSR count). The zero-order valence-corrected chi connectivity index (χ0v) is 14.7. The summed E-state index contributed by atoms with van der Waals surface area (Å²) < 4.78 is 6.04. The summed E-state index contributed by atoms with van der Waals surface area (Å²) in [7, 11) is -1.90. The van der Waals surface area contributed by atoms with E-state index < -0.39 is 8.32 Å². The highest BCUT2D eigenvalue weighted by atomic mass is 28.4. The van der Waals surface area contributed by atoms with E-state index in [0.717, 1.165) is 18.1 Å². The number of hydrogen-bond acceptors (Lipinski definition) is 3. The molecule has 1 N–H and O–H groups in total. The molecule has 0 aliphatic heterocycles. The van der Waals surface area contributed by atoms with Crippen LogP contribution in [-0.4, -0.2) is 26.0 Å². The minimum absolute atomic E-state index is 0.0720. The molecule has 0 spiro atoms. The number of unbranched alkanes of at least 4 members (excludes halogenated alkanes) is 3. The highest BCUT2D eigenvalue weighted by molar-refractivity contribution is 6.75. The molecule has 0 unspecified atom stereocenters. The molecule has 0 heterocycles. The minimum Gasteiger partial charge on any atom is -0.519 e. The quantitative estimate of drug-likeness (QED) is 0.504. The van der Waals surface area contributed by atoms with Gasteiger partial charge in [0, 0.05) is 13.0 Å². The smallest absolute Gasteiger partial charge is 0.292 e. The SMILES string of the molecule is CCCC[Si](CCCC)(CCCC)OC(=O)CCCO. The molecule has 3 nitrogen and oxygen atoms in total. The third kappa shape index (κ3) is 8.75. The van der Waals surface area contributed by atoms with E-state index in [-0.39, 0.29) is 12.6 Å². The van der Waals surface area contributed by atoms with Gasteiger partial charge in [0.1, 0.15) is 0 Å². The van der Waals surface area contributed by atoms with Gasteiger partial charge in [0.25, 0.3) is 14.3 Å². The van der Waals surface area contributed by atoms with Gasteiger partial charge in [-0.3, -0.25) is 4.79 Å². The van der Waals surface area contributed by atoms with E-state index >= 15 is 0 Å². The molecule has 0 aromatic rings. The first kappa shape index (κ1) is 19.6. The fraction of sp³-hybridized carbons (Fsp3) is 0.938. The molecule has 0 aromatic heterocycles. The van der Waals surface area contributed by atoms with Gasteiger partial charge in [-0.15, -0.1) is 0 Å². The first-order chi connectivity index (χ1) is 9.64. The molecule has 0 aliphatic carbocycles. The van der Waals surface area contributed by atoms with Crippen LogP contribution in [0.15, 0.2) is 0 Å². The second kappa shape index (κ2) is 12.4. The van der Waals surface area contributed by atoms with Gasteiger partial charge in [-0.1, -0.05) is 59.3 Å². The highest BCUT2D eigenvalue weighted by Gasteiger charge is 2.36. The summed E-state index contributed by atoms with van der Waals surface area (Å²) in [6.45, 7) is 6.67. The summed E-state index contributed by atoms with van der Waals surface area (Å²) in [4.78, 5) is 12.0. The van der Waals surface area contributed by atoms with Crippen molar-refractivity contribution >= 4 is 14.3 Å². The molecule has 0 fully saturated rings. The Balaban J connectivity index is 4.68. The second-order valence-electron chi connectivity index (χ2n) is 5.79. The maximum Gasteiger partial charge on any atom is 0.292 e. The van der Waals surface area contributed by atoms with E-state index in [9.17, 15) is 4.79 Å². The first-order valence-corrected chi connectivity index (χ1v) is 11.0. The van der Waals surface area contributed by atoms with Crippen LogP contribution in [0.2, 0.25) is 18.1 Å². The molecule has 0 radical (unpaired) electrons. The van der Waals surface area contributed by atoms with E-state index in [2.05, 4.69) is 20.8 Å². The Kier molecular flexibility index (Phi) is 12.2. The number of aliphatic hydroxyl groups is 1. The van der Waals surface area contributed by atoms with Crippen molar-refractivity contribution in [3.05, 3.63) is 0 Å². The van der Waals surface area contributed by atoms with Gasteiger partial charge in [-0.2, -0.15) is 0 Å². The summed E-state index contributed by atoms with van der Waals surface area (Å²) in [6, 6.07) is 3.36. The Labute approximate surface area is 126 Å². The van der Waals surface area contributed by atoms with E-state index in [1.54, 1.807) is 0 Å². The number of aliphatic hydroxyl groups excluding tert-OH is 1. The predicted octanol–water partition coefficient (Wildman–Crippen LogP) is 4.65. The van der Waals surface area contributed by atoms with Gasteiger partial charge in [-0.25, -0.2) is 0 Å². The van der Waals surface area contributed by atoms with Gasteiger partial charge in [-0.05, 0) is 24.6 Å². The zero-order valence-electron chi connectivity index (χ0n) is 13.7. The highest BCUT2D eigenvalue weighted by Crippen LogP contribution is 2.30. The topological polar surface area (TPSA) is 46.5 Å². The Bertz CT molecular complexity index is 222. The molecule has 4 heteroatoms. The summed E-state index contributed by atoms with van der Waals surface area (Å²) in [6.07, 6.45) is 7.92. The maximum absolute atomic E-state index is 12.0. The van der Waals surface area contributed by atoms with E-state index in [1.807, 2.05) is 0 Å². The van der Waals surface area contributed by atoms with Gasteiger partial charge < -0.3 is 9.53 Å². The molecule has 0 saturated carbocycles. The fourth-order valence-electron chi connectivity index (χ4n) is 2.54. The predicted molar refractivity (Wildman–Crippen MR) is 87.3 cm³/mol. The standard InChI is InChI=1S/C16H34O3Si/c1-4-7-13-20(14-8-5-2,15-9-6-3)19-16(18)11-10-12-17/h17H,4-15H2,1-3H3. The van der Waals surface area contributed by atoms with Crippen molar-refractivity contribution in [1.82, 2.24) is 0 Å². The van der Waals surface area contributed by atoms with Crippen molar-refractivity contribution in [3.8, 4) is 0 Å². The summed E-state index contributed by atoms with van der Waals surface area (Å²) in [5, 5.41) is 8.84. The van der Waals surface area contributed by atoms with Crippen LogP contribution in [0.4, 0.5) is 0 Å². The summed E-state index contributed by atoms with van der Waals surface area (Å²) in [5.74, 6) is -0.0750. The number of rotatable bonds is 13. The Morgan fingerprint density at radius 2 is 1.35 bits per heavy atom. The van der Waals surface area contributed by atoms with Crippen LogP contribution in [0, 0.1) is 0 Å². The van der Waals surface area contributed by atoms with Gasteiger partial charge >= 0.3 is 0 Å². The average Bonchev–Trinajstić information content (AvgIpc) is 2.46. The normalized spacial score (nSPS) is 11.6. The van der Waals surface area contributed by atoms with Crippen LogP contribution in [0.25, 0.3) is 0 Å². The molecule has 0 aliphatic rings. The lowest BCUT2D eigenvalue weighted by Crippen LogP contribution is -2.40. The second-order valence-corrected chi connectivity index (χ2v) is 9.87. The zero-order chi connectivity index (χ0) is 15.3. The van der Waals surface area contributed by atoms with E-state index in [4.69, 9.17) is 9.53 Å². The molecule has 0 atom stereocenters. The lowest BCUT2D eigenvalue weighted by Gasteiger charge is -2.31. The maximum atomic E-state index is 12.0. The molecule has 0 bridgehead atoms. The number of carbonyl (C=O) groups excluding carboxylic acids is 1. The van der Waals surface area contributed by atoms with Crippen LogP contribution in [0.1, 0.15) is 72.1 Å². The van der Waals surface area contributed by atoms with Crippen molar-refractivity contribution < 1.29 is 14.3 Å². The average molecular weight is 303 g/mol. The summed E-state index contributed by atoms with van der Waals surface area (Å²) >= 11 is 0. The fourth-order valence-corrected chi connectivity index (χ4v) is 7.18. The number of carbonyl (C=O) groups is 1. The van der Waals surface area contributed by atoms with E-state index in [1.165, 1.54) is 38.5 Å². The third-order valence-corrected chi connectivity index (χ3v) is 8.28. The number of hydrogen-bond donors (Lipinski definition) is 1. The van der Waals surface area contributed by atoms with E-state index in [0.29, 0.717) is 12.8 Å². The van der Waals surface area contributed by atoms with Gasteiger partial charge in [0.15, 0.2) is 0 Å². The van der Waals surface area contributed by atoms with Crippen molar-refractivity contribution in [1.29, 1.82) is 0 Å². The van der Waals surface area contributed by atoms with Crippen LogP contribution < -0.4 is 0 Å². The van der Waals surface area contributed by atoms with Gasteiger partial charge in [0.2, 0.25) is 0 Å². The lowest BCUT2D eigenvalue weighted by molar-refractivity contribution is -0.135. The van der Waals surface area contributed by atoms with Crippen molar-refractivity contribution in [2.45, 2.75) is 90.3 Å². The molecule has 0 aromatic carbocycles. The third-order valence-electron chi connectivity index (χ3n) is 3.83. The van der Waals surface area contributed by atoms with Crippen molar-refractivity contribution in [2.24, 2.45) is 0 Å². The van der Waals surface area contributed by atoms with Crippen LogP contribution in [0.3, 0.4) is 0 Å². The lowest BCUT2D eigenvalue weighted by atomic mass is 10.3. The van der Waals surface area contributed by atoms with Crippen LogP contribution >= 0.6 is 0 Å². The largest absolute Gasteiger partial charge is 0.519 e. The molecular weight excluding hydrogens is 268 g/mol. The molecular formula is C16H34O3Si. The van der Waals surface area contributed by atoms with Crippen LogP contribution in [0.5, 0.6) is 0 Å². The van der Waals surface area contributed by atoms with Crippen molar-refractivity contribution in [3.63, 3.8) is 0 Å². The first-order valence-electron chi connectivity index (χ1n) is 8.46.